The Kier molecular flexibility index (Phi) is 8.02. The molecule has 4 aromatic rings. The lowest BCUT2D eigenvalue weighted by Gasteiger charge is -2.33. The van der Waals surface area contributed by atoms with Crippen molar-refractivity contribution < 1.29 is 9.53 Å². The van der Waals surface area contributed by atoms with Gasteiger partial charge in [-0.2, -0.15) is 5.26 Å². The van der Waals surface area contributed by atoms with Gasteiger partial charge in [0.2, 0.25) is 5.91 Å². The van der Waals surface area contributed by atoms with Crippen LogP contribution in [0.5, 0.6) is 0 Å². The fourth-order valence-corrected chi connectivity index (χ4v) is 5.63. The lowest BCUT2D eigenvalue weighted by atomic mass is 9.95. The number of methoxy groups -OCH3 is 1. The van der Waals surface area contributed by atoms with E-state index in [4.69, 9.17) is 15.5 Å². The molecule has 38 heavy (non-hydrogen) atoms. The zero-order valence-corrected chi connectivity index (χ0v) is 22.0. The SMILES string of the molecule is COCCCn1c([C@@H]2CCCN(C(=O)C[C@H](N)Cc3ccc4ccccc4c3)C2)nc2ccc(C#N)cc21. The maximum atomic E-state index is 13.3. The molecule has 3 aromatic carbocycles. The maximum absolute atomic E-state index is 13.3. The Bertz CT molecular complexity index is 1470. The van der Waals surface area contributed by atoms with Crippen LogP contribution in [0.25, 0.3) is 21.8 Å². The number of nitrogens with two attached hydrogens (primary N) is 1. The summed E-state index contributed by atoms with van der Waals surface area (Å²) in [6.07, 6.45) is 3.76. The highest BCUT2D eigenvalue weighted by molar-refractivity contribution is 5.83. The molecule has 0 unspecified atom stereocenters. The number of imidazole rings is 1. The van der Waals surface area contributed by atoms with Crippen LogP contribution in [0.2, 0.25) is 0 Å². The first-order chi connectivity index (χ1) is 18.6. The number of ether oxygens (including phenoxy) is 1. The third kappa shape index (κ3) is 5.72. The molecule has 0 radical (unpaired) electrons. The van der Waals surface area contributed by atoms with Crippen molar-refractivity contribution in [2.75, 3.05) is 26.8 Å². The number of fused-ring (bicyclic) bond motifs is 2. The third-order valence-corrected chi connectivity index (χ3v) is 7.52. The Labute approximate surface area is 223 Å². The third-order valence-electron chi connectivity index (χ3n) is 7.52. The molecule has 7 heteroatoms. The molecule has 5 rings (SSSR count). The van der Waals surface area contributed by atoms with Crippen molar-refractivity contribution >= 4 is 27.7 Å². The number of likely N-dealkylation sites (tertiary alicyclic amines) is 1. The first-order valence-electron chi connectivity index (χ1n) is 13.5. The monoisotopic (exact) mass is 509 g/mol. The van der Waals surface area contributed by atoms with Crippen molar-refractivity contribution in [3.8, 4) is 6.07 Å². The minimum absolute atomic E-state index is 0.108. The minimum atomic E-state index is -0.230. The number of amides is 1. The Morgan fingerprint density at radius 2 is 2.03 bits per heavy atom. The normalized spacial score (nSPS) is 16.6. The predicted octanol–water partition coefficient (Wildman–Crippen LogP) is 4.76. The van der Waals surface area contributed by atoms with E-state index < -0.39 is 0 Å². The van der Waals surface area contributed by atoms with Gasteiger partial charge in [0, 0.05) is 51.7 Å². The van der Waals surface area contributed by atoms with Gasteiger partial charge in [0.1, 0.15) is 5.82 Å². The van der Waals surface area contributed by atoms with Crippen LogP contribution in [0, 0.1) is 11.3 Å². The van der Waals surface area contributed by atoms with E-state index in [2.05, 4.69) is 41.0 Å². The number of hydrogen-bond donors (Lipinski definition) is 1. The van der Waals surface area contributed by atoms with E-state index in [0.29, 0.717) is 31.6 Å². The number of carbonyl (C=O) groups excluding carboxylic acids is 1. The Morgan fingerprint density at radius 1 is 1.18 bits per heavy atom. The van der Waals surface area contributed by atoms with Crippen LogP contribution in [0.4, 0.5) is 0 Å². The number of aromatic nitrogens is 2. The lowest BCUT2D eigenvalue weighted by Crippen LogP contribution is -2.42. The molecule has 7 nitrogen and oxygen atoms in total. The van der Waals surface area contributed by atoms with E-state index in [1.165, 1.54) is 10.8 Å². The number of rotatable bonds is 9. The molecule has 1 saturated heterocycles. The van der Waals surface area contributed by atoms with Crippen LogP contribution in [0.1, 0.15) is 48.6 Å². The van der Waals surface area contributed by atoms with Gasteiger partial charge < -0.3 is 19.9 Å². The molecule has 1 amide bonds. The molecule has 2 atom stereocenters. The molecule has 196 valence electrons. The number of nitriles is 1. The zero-order chi connectivity index (χ0) is 26.5. The van der Waals surface area contributed by atoms with Crippen molar-refractivity contribution in [3.63, 3.8) is 0 Å². The lowest BCUT2D eigenvalue weighted by molar-refractivity contribution is -0.132. The standard InChI is InChI=1S/C31H35N5O2/c1-38-15-5-14-36-29-18-23(20-32)10-12-28(29)34-31(36)26-8-4-13-35(21-26)30(37)19-27(33)17-22-9-11-24-6-2-3-7-25(24)16-22/h2-3,6-7,9-12,16,18,26-27H,4-5,8,13-15,17,19,21,33H2,1H3/t26-,27-/m1/s1. The van der Waals surface area contributed by atoms with Crippen molar-refractivity contribution in [1.82, 2.24) is 14.5 Å². The summed E-state index contributed by atoms with van der Waals surface area (Å²) in [5.74, 6) is 1.24. The summed E-state index contributed by atoms with van der Waals surface area (Å²) in [6.45, 7) is 2.80. The van der Waals surface area contributed by atoms with E-state index in [-0.39, 0.29) is 17.9 Å². The number of carbonyl (C=O) groups is 1. The first kappa shape index (κ1) is 25.9. The Hall–Kier alpha value is -3.73. The van der Waals surface area contributed by atoms with Crippen LogP contribution in [0.15, 0.2) is 60.7 Å². The van der Waals surface area contributed by atoms with Crippen molar-refractivity contribution in [3.05, 3.63) is 77.6 Å². The maximum Gasteiger partial charge on any atom is 0.224 e. The van der Waals surface area contributed by atoms with Crippen molar-refractivity contribution in [2.24, 2.45) is 5.73 Å². The van der Waals surface area contributed by atoms with Crippen molar-refractivity contribution in [1.29, 1.82) is 5.26 Å². The molecule has 0 spiro atoms. The quantitative estimate of drug-likeness (QED) is 0.328. The van der Waals surface area contributed by atoms with Gasteiger partial charge in [-0.15, -0.1) is 0 Å². The van der Waals surface area contributed by atoms with Crippen LogP contribution in [0.3, 0.4) is 0 Å². The number of benzene rings is 3. The summed E-state index contributed by atoms with van der Waals surface area (Å²) in [5.41, 5.74) is 10.1. The van der Waals surface area contributed by atoms with E-state index >= 15 is 0 Å². The second-order valence-electron chi connectivity index (χ2n) is 10.3. The summed E-state index contributed by atoms with van der Waals surface area (Å²) in [4.78, 5) is 20.2. The fourth-order valence-electron chi connectivity index (χ4n) is 5.63. The number of piperidine rings is 1. The van der Waals surface area contributed by atoms with Crippen LogP contribution >= 0.6 is 0 Å². The highest BCUT2D eigenvalue weighted by atomic mass is 16.5. The highest BCUT2D eigenvalue weighted by Crippen LogP contribution is 2.30. The van der Waals surface area contributed by atoms with E-state index in [1.807, 2.05) is 35.2 Å². The van der Waals surface area contributed by atoms with Gasteiger partial charge in [0.25, 0.3) is 0 Å². The van der Waals surface area contributed by atoms with Gasteiger partial charge in [-0.25, -0.2) is 4.98 Å². The zero-order valence-electron chi connectivity index (χ0n) is 22.0. The van der Waals surface area contributed by atoms with Gasteiger partial charge in [-0.3, -0.25) is 4.79 Å². The molecule has 0 bridgehead atoms. The number of nitrogens with zero attached hydrogens (tertiary/aromatic N) is 4. The minimum Gasteiger partial charge on any atom is -0.385 e. The van der Waals surface area contributed by atoms with Gasteiger partial charge in [-0.05, 0) is 60.2 Å². The van der Waals surface area contributed by atoms with Crippen LogP contribution in [-0.4, -0.2) is 53.2 Å². The molecular formula is C31H35N5O2. The van der Waals surface area contributed by atoms with Gasteiger partial charge >= 0.3 is 0 Å². The van der Waals surface area contributed by atoms with Crippen molar-refractivity contribution in [2.45, 2.75) is 50.6 Å². The smallest absolute Gasteiger partial charge is 0.224 e. The van der Waals surface area contributed by atoms with Gasteiger partial charge in [0.05, 0.1) is 22.7 Å². The number of hydrogen-bond acceptors (Lipinski definition) is 5. The summed E-state index contributed by atoms with van der Waals surface area (Å²) in [5, 5.41) is 11.8. The van der Waals surface area contributed by atoms with Crippen LogP contribution < -0.4 is 5.73 Å². The molecule has 0 saturated carbocycles. The van der Waals surface area contributed by atoms with Gasteiger partial charge in [-0.1, -0.05) is 42.5 Å². The molecule has 1 aromatic heterocycles. The van der Waals surface area contributed by atoms with E-state index in [1.54, 1.807) is 7.11 Å². The second kappa shape index (κ2) is 11.8. The van der Waals surface area contributed by atoms with E-state index in [0.717, 1.165) is 54.8 Å². The molecular weight excluding hydrogens is 474 g/mol. The molecule has 0 aliphatic carbocycles. The predicted molar refractivity (Wildman–Crippen MR) is 150 cm³/mol. The largest absolute Gasteiger partial charge is 0.385 e. The summed E-state index contributed by atoms with van der Waals surface area (Å²) in [7, 11) is 1.70. The van der Waals surface area contributed by atoms with Crippen LogP contribution in [-0.2, 0) is 22.5 Å². The molecule has 2 heterocycles. The Morgan fingerprint density at radius 3 is 2.84 bits per heavy atom. The van der Waals surface area contributed by atoms with Gasteiger partial charge in [0.15, 0.2) is 0 Å². The molecule has 1 fully saturated rings. The Balaban J connectivity index is 1.28. The number of aryl methyl sites for hydroxylation is 1. The fraction of sp³-hybridized carbons (Fsp3) is 0.387. The average molecular weight is 510 g/mol. The van der Waals surface area contributed by atoms with E-state index in [9.17, 15) is 10.1 Å². The first-order valence-corrected chi connectivity index (χ1v) is 13.5. The molecule has 1 aliphatic rings. The summed E-state index contributed by atoms with van der Waals surface area (Å²) < 4.78 is 7.50. The summed E-state index contributed by atoms with van der Waals surface area (Å²) in [6, 6.07) is 22.3. The topological polar surface area (TPSA) is 97.2 Å². The molecule has 1 aliphatic heterocycles. The second-order valence-corrected chi connectivity index (χ2v) is 10.3. The highest BCUT2D eigenvalue weighted by Gasteiger charge is 2.29. The molecule has 2 N–H and O–H groups in total. The summed E-state index contributed by atoms with van der Waals surface area (Å²) >= 11 is 0. The average Bonchev–Trinajstić information content (AvgIpc) is 3.30.